The molecule has 0 amide bonds. The third-order valence-electron chi connectivity index (χ3n) is 3.80. The average Bonchev–Trinajstić information content (AvgIpc) is 3.12. The predicted octanol–water partition coefficient (Wildman–Crippen LogP) is 1.51. The molecule has 3 rings (SSSR count). The molecule has 0 unspecified atom stereocenters. The minimum Gasteiger partial charge on any atom is -0.396 e. The first-order chi connectivity index (χ1) is 10.3. The van der Waals surface area contributed by atoms with E-state index in [1.807, 2.05) is 36.3 Å². The van der Waals surface area contributed by atoms with E-state index in [4.69, 9.17) is 5.11 Å². The summed E-state index contributed by atoms with van der Waals surface area (Å²) in [4.78, 5) is 4.16. The molecule has 0 aliphatic heterocycles. The van der Waals surface area contributed by atoms with Gasteiger partial charge in [-0.05, 0) is 18.6 Å². The number of nitrogens with one attached hydrogen (secondary N) is 1. The third kappa shape index (κ3) is 3.20. The summed E-state index contributed by atoms with van der Waals surface area (Å²) < 4.78 is 1.83. The highest BCUT2D eigenvalue weighted by molar-refractivity contribution is 5.61. The zero-order valence-electron chi connectivity index (χ0n) is 12.1. The van der Waals surface area contributed by atoms with E-state index in [0.29, 0.717) is 6.04 Å². The van der Waals surface area contributed by atoms with E-state index >= 15 is 0 Å². The van der Waals surface area contributed by atoms with Gasteiger partial charge in [-0.25, -0.2) is 0 Å². The first kappa shape index (κ1) is 14.0. The molecule has 0 aromatic carbocycles. The molecular formula is C16H20N4O. The van der Waals surface area contributed by atoms with Crippen LogP contribution in [0.15, 0.2) is 42.9 Å². The quantitative estimate of drug-likeness (QED) is 0.817. The van der Waals surface area contributed by atoms with Crippen molar-refractivity contribution in [3.8, 4) is 11.3 Å². The summed E-state index contributed by atoms with van der Waals surface area (Å²) in [7, 11) is 1.93. The molecule has 2 atom stereocenters. The van der Waals surface area contributed by atoms with Crippen molar-refractivity contribution >= 4 is 0 Å². The molecule has 0 saturated heterocycles. The number of aliphatic hydroxyl groups excluding tert-OH is 1. The standard InChI is InChI=1S/C16H20N4O/c1-20-10-14(9-18-15-5-4-12(7-15)11-21)16(19-20)13-3-2-6-17-8-13/h2-6,8,10,12,15,18,21H,7,9,11H2,1H3/t12-,15+/m0/s1. The molecule has 0 saturated carbocycles. The fourth-order valence-corrected chi connectivity index (χ4v) is 2.72. The summed E-state index contributed by atoms with van der Waals surface area (Å²) >= 11 is 0. The van der Waals surface area contributed by atoms with Crippen LogP contribution >= 0.6 is 0 Å². The SMILES string of the molecule is Cn1cc(CN[C@@H]2C=C[C@H](CO)C2)c(-c2cccnc2)n1. The van der Waals surface area contributed by atoms with Crippen molar-refractivity contribution < 1.29 is 5.11 Å². The van der Waals surface area contributed by atoms with Gasteiger partial charge in [-0.2, -0.15) is 5.10 Å². The summed E-state index contributed by atoms with van der Waals surface area (Å²) in [6.07, 6.45) is 10.8. The second kappa shape index (κ2) is 6.20. The molecule has 21 heavy (non-hydrogen) atoms. The predicted molar refractivity (Wildman–Crippen MR) is 81.4 cm³/mol. The average molecular weight is 284 g/mol. The van der Waals surface area contributed by atoms with Gasteiger partial charge >= 0.3 is 0 Å². The molecular weight excluding hydrogens is 264 g/mol. The van der Waals surface area contributed by atoms with Gasteiger partial charge in [0, 0.05) is 61.9 Å². The third-order valence-corrected chi connectivity index (χ3v) is 3.80. The van der Waals surface area contributed by atoms with E-state index in [1.54, 1.807) is 6.20 Å². The van der Waals surface area contributed by atoms with Crippen molar-refractivity contribution in [1.82, 2.24) is 20.1 Å². The number of aromatic nitrogens is 3. The molecule has 5 nitrogen and oxygen atoms in total. The number of pyridine rings is 1. The summed E-state index contributed by atoms with van der Waals surface area (Å²) in [5.74, 6) is 0.286. The number of hydrogen-bond donors (Lipinski definition) is 2. The maximum absolute atomic E-state index is 9.17. The summed E-state index contributed by atoms with van der Waals surface area (Å²) in [6, 6.07) is 4.27. The van der Waals surface area contributed by atoms with Crippen LogP contribution in [0.5, 0.6) is 0 Å². The smallest absolute Gasteiger partial charge is 0.0983 e. The Morgan fingerprint density at radius 1 is 1.43 bits per heavy atom. The van der Waals surface area contributed by atoms with Crippen molar-refractivity contribution in [2.24, 2.45) is 13.0 Å². The largest absolute Gasteiger partial charge is 0.396 e. The Balaban J connectivity index is 1.70. The molecule has 1 aliphatic rings. The zero-order valence-corrected chi connectivity index (χ0v) is 12.1. The number of aliphatic hydroxyl groups is 1. The van der Waals surface area contributed by atoms with Gasteiger partial charge in [-0.15, -0.1) is 0 Å². The molecule has 2 heterocycles. The number of nitrogens with zero attached hydrogens (tertiary/aromatic N) is 3. The highest BCUT2D eigenvalue weighted by Gasteiger charge is 2.18. The molecule has 1 aliphatic carbocycles. The second-order valence-electron chi connectivity index (χ2n) is 5.47. The molecule has 2 aromatic rings. The molecule has 5 heteroatoms. The van der Waals surface area contributed by atoms with Gasteiger partial charge in [0.05, 0.1) is 5.69 Å². The number of rotatable bonds is 5. The van der Waals surface area contributed by atoms with Crippen LogP contribution in [0.1, 0.15) is 12.0 Å². The lowest BCUT2D eigenvalue weighted by atomic mass is 10.1. The van der Waals surface area contributed by atoms with Gasteiger partial charge < -0.3 is 10.4 Å². The van der Waals surface area contributed by atoms with Crippen LogP contribution in [0, 0.1) is 5.92 Å². The van der Waals surface area contributed by atoms with Gasteiger partial charge in [0.25, 0.3) is 0 Å². The highest BCUT2D eigenvalue weighted by Crippen LogP contribution is 2.22. The lowest BCUT2D eigenvalue weighted by Crippen LogP contribution is -2.26. The monoisotopic (exact) mass is 284 g/mol. The van der Waals surface area contributed by atoms with E-state index in [1.165, 1.54) is 0 Å². The van der Waals surface area contributed by atoms with Crippen molar-refractivity contribution in [3.05, 3.63) is 48.4 Å². The fraction of sp³-hybridized carbons (Fsp3) is 0.375. The fourth-order valence-electron chi connectivity index (χ4n) is 2.72. The lowest BCUT2D eigenvalue weighted by Gasteiger charge is -2.12. The first-order valence-corrected chi connectivity index (χ1v) is 7.21. The Morgan fingerprint density at radius 2 is 2.33 bits per heavy atom. The van der Waals surface area contributed by atoms with Gasteiger partial charge in [0.1, 0.15) is 0 Å². The second-order valence-corrected chi connectivity index (χ2v) is 5.47. The first-order valence-electron chi connectivity index (χ1n) is 7.21. The van der Waals surface area contributed by atoms with Crippen LogP contribution in [0.3, 0.4) is 0 Å². The Labute approximate surface area is 124 Å². The van der Waals surface area contributed by atoms with E-state index in [0.717, 1.165) is 29.8 Å². The summed E-state index contributed by atoms with van der Waals surface area (Å²) in [5.41, 5.74) is 3.16. The van der Waals surface area contributed by atoms with Gasteiger partial charge in [-0.3, -0.25) is 9.67 Å². The van der Waals surface area contributed by atoms with Crippen molar-refractivity contribution in [3.63, 3.8) is 0 Å². The van der Waals surface area contributed by atoms with Crippen LogP contribution in [0.4, 0.5) is 0 Å². The summed E-state index contributed by atoms with van der Waals surface area (Å²) in [6.45, 7) is 0.980. The van der Waals surface area contributed by atoms with Crippen LogP contribution < -0.4 is 5.32 Å². The molecule has 2 N–H and O–H groups in total. The molecule has 0 radical (unpaired) electrons. The van der Waals surface area contributed by atoms with Crippen LogP contribution in [0.2, 0.25) is 0 Å². The van der Waals surface area contributed by atoms with Crippen molar-refractivity contribution in [2.45, 2.75) is 19.0 Å². The highest BCUT2D eigenvalue weighted by atomic mass is 16.3. The maximum Gasteiger partial charge on any atom is 0.0983 e. The minimum absolute atomic E-state index is 0.225. The maximum atomic E-state index is 9.17. The Kier molecular flexibility index (Phi) is 4.13. The normalized spacial score (nSPS) is 21.0. The minimum atomic E-state index is 0.225. The van der Waals surface area contributed by atoms with Gasteiger partial charge in [-0.1, -0.05) is 12.2 Å². The summed E-state index contributed by atoms with van der Waals surface area (Å²) in [5, 5.41) is 17.2. The van der Waals surface area contributed by atoms with Crippen molar-refractivity contribution in [1.29, 1.82) is 0 Å². The van der Waals surface area contributed by atoms with E-state index in [9.17, 15) is 0 Å². The van der Waals surface area contributed by atoms with Crippen molar-refractivity contribution in [2.75, 3.05) is 6.61 Å². The van der Waals surface area contributed by atoms with Gasteiger partial charge in [0.15, 0.2) is 0 Å². The Bertz CT molecular complexity index is 620. The van der Waals surface area contributed by atoms with E-state index < -0.39 is 0 Å². The van der Waals surface area contributed by atoms with Crippen LogP contribution in [-0.4, -0.2) is 32.5 Å². The topological polar surface area (TPSA) is 63.0 Å². The van der Waals surface area contributed by atoms with Crippen LogP contribution in [-0.2, 0) is 13.6 Å². The lowest BCUT2D eigenvalue weighted by molar-refractivity contribution is 0.246. The van der Waals surface area contributed by atoms with E-state index in [2.05, 4.69) is 27.6 Å². The zero-order chi connectivity index (χ0) is 14.7. The number of hydrogen-bond acceptors (Lipinski definition) is 4. The molecule has 2 aromatic heterocycles. The molecule has 0 fully saturated rings. The number of aryl methyl sites for hydroxylation is 1. The van der Waals surface area contributed by atoms with E-state index in [-0.39, 0.29) is 12.5 Å². The Morgan fingerprint density at radius 3 is 3.05 bits per heavy atom. The van der Waals surface area contributed by atoms with Gasteiger partial charge in [0.2, 0.25) is 0 Å². The Hall–Kier alpha value is -1.98. The molecule has 110 valence electrons. The van der Waals surface area contributed by atoms with Crippen LogP contribution in [0.25, 0.3) is 11.3 Å². The molecule has 0 bridgehead atoms. The molecule has 0 spiro atoms.